The van der Waals surface area contributed by atoms with Crippen molar-refractivity contribution in [2.45, 2.75) is 13.0 Å². The highest BCUT2D eigenvalue weighted by atomic mass is 16.3. The molecule has 3 aromatic carbocycles. The van der Waals surface area contributed by atoms with Crippen molar-refractivity contribution >= 4 is 34.7 Å². The lowest BCUT2D eigenvalue weighted by Crippen LogP contribution is -2.29. The van der Waals surface area contributed by atoms with Crippen molar-refractivity contribution in [3.63, 3.8) is 0 Å². The number of carbonyl (C=O) groups is 3. The molecule has 2 amide bonds. The van der Waals surface area contributed by atoms with E-state index in [9.17, 15) is 19.5 Å². The summed E-state index contributed by atoms with van der Waals surface area (Å²) in [5.74, 6) is -1.90. The van der Waals surface area contributed by atoms with Crippen LogP contribution in [0.25, 0.3) is 5.76 Å². The zero-order valence-electron chi connectivity index (χ0n) is 16.8. The summed E-state index contributed by atoms with van der Waals surface area (Å²) in [4.78, 5) is 38.8. The summed E-state index contributed by atoms with van der Waals surface area (Å²) in [6.45, 7) is 1.41. The van der Waals surface area contributed by atoms with Crippen LogP contribution in [0.5, 0.6) is 0 Å². The molecule has 1 unspecified atom stereocenters. The molecule has 1 saturated heterocycles. The Hall–Kier alpha value is -4.19. The molecular weight excluding hydrogens is 392 g/mol. The molecule has 0 spiro atoms. The average Bonchev–Trinajstić information content (AvgIpc) is 3.05. The van der Waals surface area contributed by atoms with Crippen molar-refractivity contribution in [1.82, 2.24) is 0 Å². The van der Waals surface area contributed by atoms with E-state index in [1.807, 2.05) is 30.3 Å². The minimum atomic E-state index is -0.784. The number of anilines is 2. The van der Waals surface area contributed by atoms with Gasteiger partial charge in [-0.2, -0.15) is 0 Å². The summed E-state index contributed by atoms with van der Waals surface area (Å²) in [6.07, 6.45) is 0. The van der Waals surface area contributed by atoms with E-state index in [4.69, 9.17) is 0 Å². The van der Waals surface area contributed by atoms with Crippen LogP contribution in [0.3, 0.4) is 0 Å². The minimum absolute atomic E-state index is 0.0355. The summed E-state index contributed by atoms with van der Waals surface area (Å²) in [7, 11) is 0. The van der Waals surface area contributed by atoms with Crippen LogP contribution in [0.4, 0.5) is 11.4 Å². The van der Waals surface area contributed by atoms with Gasteiger partial charge in [0.25, 0.3) is 11.7 Å². The second-order valence-corrected chi connectivity index (χ2v) is 7.17. The van der Waals surface area contributed by atoms with Crippen molar-refractivity contribution in [2.75, 3.05) is 10.2 Å². The van der Waals surface area contributed by atoms with Gasteiger partial charge in [-0.3, -0.25) is 19.3 Å². The van der Waals surface area contributed by atoms with E-state index in [2.05, 4.69) is 5.32 Å². The first-order valence-electron chi connectivity index (χ1n) is 9.76. The normalized spacial score (nSPS) is 17.6. The monoisotopic (exact) mass is 412 g/mol. The molecule has 1 aliphatic rings. The van der Waals surface area contributed by atoms with E-state index in [0.717, 1.165) is 0 Å². The number of hydrogen-bond donors (Lipinski definition) is 2. The molecule has 154 valence electrons. The van der Waals surface area contributed by atoms with Crippen molar-refractivity contribution in [2.24, 2.45) is 0 Å². The van der Waals surface area contributed by atoms with Crippen LogP contribution >= 0.6 is 0 Å². The Labute approximate surface area is 179 Å². The van der Waals surface area contributed by atoms with Crippen LogP contribution < -0.4 is 10.2 Å². The summed E-state index contributed by atoms with van der Waals surface area (Å²) >= 11 is 0. The molecule has 1 heterocycles. The number of ketones is 1. The molecule has 1 fully saturated rings. The van der Waals surface area contributed by atoms with Gasteiger partial charge in [-0.15, -0.1) is 0 Å². The van der Waals surface area contributed by atoms with Crippen LogP contribution in [0.15, 0.2) is 90.5 Å². The molecule has 0 radical (unpaired) electrons. The van der Waals surface area contributed by atoms with Crippen LogP contribution in [-0.4, -0.2) is 22.7 Å². The molecule has 0 bridgehead atoms. The van der Waals surface area contributed by atoms with Gasteiger partial charge in [0.1, 0.15) is 5.76 Å². The number of benzene rings is 3. The molecule has 31 heavy (non-hydrogen) atoms. The molecule has 4 rings (SSSR count). The van der Waals surface area contributed by atoms with Crippen molar-refractivity contribution in [1.29, 1.82) is 0 Å². The standard InChI is InChI=1S/C25H20N2O4/c1-16(28)26-19-12-14-20(15-13-19)27-22(17-8-4-2-5-9-17)21(24(30)25(27)31)23(29)18-10-6-3-7-11-18/h2-15,22,29H,1H3,(H,26,28). The maximum atomic E-state index is 13.1. The Kier molecular flexibility index (Phi) is 5.37. The third-order valence-electron chi connectivity index (χ3n) is 5.07. The first-order valence-corrected chi connectivity index (χ1v) is 9.76. The van der Waals surface area contributed by atoms with Crippen LogP contribution in [0.2, 0.25) is 0 Å². The number of Topliss-reactive ketones (excluding diaryl/α,β-unsaturated/α-hetero) is 1. The van der Waals surface area contributed by atoms with Crippen LogP contribution in [0, 0.1) is 0 Å². The molecule has 3 aromatic rings. The third-order valence-corrected chi connectivity index (χ3v) is 5.07. The zero-order valence-corrected chi connectivity index (χ0v) is 16.8. The zero-order chi connectivity index (χ0) is 22.0. The highest BCUT2D eigenvalue weighted by Crippen LogP contribution is 2.42. The average molecular weight is 412 g/mol. The SMILES string of the molecule is CC(=O)Nc1ccc(N2C(=O)C(=O)C(=C(O)c3ccccc3)C2c2ccccc2)cc1. The minimum Gasteiger partial charge on any atom is -0.507 e. The Morgan fingerprint density at radius 3 is 2.03 bits per heavy atom. The summed E-state index contributed by atoms with van der Waals surface area (Å²) in [5.41, 5.74) is 2.26. The largest absolute Gasteiger partial charge is 0.507 e. The lowest BCUT2D eigenvalue weighted by molar-refractivity contribution is -0.132. The number of aliphatic hydroxyl groups is 1. The molecule has 1 aliphatic heterocycles. The molecule has 0 saturated carbocycles. The van der Waals surface area contributed by atoms with Gasteiger partial charge < -0.3 is 10.4 Å². The number of amides is 2. The smallest absolute Gasteiger partial charge is 0.300 e. The van der Waals surface area contributed by atoms with Gasteiger partial charge in [0.2, 0.25) is 5.91 Å². The quantitative estimate of drug-likeness (QED) is 0.381. The lowest BCUT2D eigenvalue weighted by Gasteiger charge is -2.25. The fourth-order valence-electron chi connectivity index (χ4n) is 3.71. The predicted octanol–water partition coefficient (Wildman–Crippen LogP) is 4.27. The lowest BCUT2D eigenvalue weighted by atomic mass is 9.95. The number of rotatable bonds is 4. The van der Waals surface area contributed by atoms with Gasteiger partial charge in [0.15, 0.2) is 0 Å². The molecule has 6 heteroatoms. The van der Waals surface area contributed by atoms with E-state index in [1.165, 1.54) is 11.8 Å². The Bertz CT molecular complexity index is 1170. The van der Waals surface area contributed by atoms with E-state index < -0.39 is 17.7 Å². The van der Waals surface area contributed by atoms with Gasteiger partial charge in [-0.1, -0.05) is 60.7 Å². The van der Waals surface area contributed by atoms with E-state index >= 15 is 0 Å². The van der Waals surface area contributed by atoms with Gasteiger partial charge in [0, 0.05) is 23.9 Å². The van der Waals surface area contributed by atoms with E-state index in [0.29, 0.717) is 22.5 Å². The summed E-state index contributed by atoms with van der Waals surface area (Å²) in [6, 6.07) is 23.7. The summed E-state index contributed by atoms with van der Waals surface area (Å²) in [5, 5.41) is 13.7. The second-order valence-electron chi connectivity index (χ2n) is 7.17. The molecule has 0 aromatic heterocycles. The molecule has 1 atom stereocenters. The van der Waals surface area contributed by atoms with Gasteiger partial charge >= 0.3 is 0 Å². The molecule has 6 nitrogen and oxygen atoms in total. The Morgan fingerprint density at radius 1 is 0.871 bits per heavy atom. The number of nitrogens with one attached hydrogen (secondary N) is 1. The maximum Gasteiger partial charge on any atom is 0.300 e. The van der Waals surface area contributed by atoms with Crippen molar-refractivity contribution in [3.8, 4) is 0 Å². The van der Waals surface area contributed by atoms with Crippen molar-refractivity contribution < 1.29 is 19.5 Å². The third kappa shape index (κ3) is 3.83. The van der Waals surface area contributed by atoms with E-state index in [1.54, 1.807) is 54.6 Å². The van der Waals surface area contributed by atoms with Crippen LogP contribution in [0.1, 0.15) is 24.1 Å². The highest BCUT2D eigenvalue weighted by molar-refractivity contribution is 6.51. The van der Waals surface area contributed by atoms with Crippen LogP contribution in [-0.2, 0) is 14.4 Å². The topological polar surface area (TPSA) is 86.7 Å². The number of carbonyl (C=O) groups excluding carboxylic acids is 3. The molecular formula is C25H20N2O4. The Morgan fingerprint density at radius 2 is 1.45 bits per heavy atom. The number of nitrogens with zero attached hydrogens (tertiary/aromatic N) is 1. The van der Waals surface area contributed by atoms with Gasteiger partial charge in [-0.25, -0.2) is 0 Å². The van der Waals surface area contributed by atoms with Crippen molar-refractivity contribution in [3.05, 3.63) is 102 Å². The Balaban J connectivity index is 1.86. The first-order chi connectivity index (χ1) is 15.0. The number of hydrogen-bond acceptors (Lipinski definition) is 4. The summed E-state index contributed by atoms with van der Waals surface area (Å²) < 4.78 is 0. The fraction of sp³-hybridized carbons (Fsp3) is 0.0800. The first kappa shape index (κ1) is 20.1. The second kappa shape index (κ2) is 8.28. The molecule has 0 aliphatic carbocycles. The van der Waals surface area contributed by atoms with Gasteiger partial charge in [-0.05, 0) is 29.8 Å². The molecule has 2 N–H and O–H groups in total. The maximum absolute atomic E-state index is 13.1. The van der Waals surface area contributed by atoms with E-state index in [-0.39, 0.29) is 17.2 Å². The fourth-order valence-corrected chi connectivity index (χ4v) is 3.71. The van der Waals surface area contributed by atoms with Gasteiger partial charge in [0.05, 0.1) is 11.6 Å². The number of aliphatic hydroxyl groups excluding tert-OH is 1. The highest BCUT2D eigenvalue weighted by Gasteiger charge is 2.46. The predicted molar refractivity (Wildman–Crippen MR) is 118 cm³/mol.